The first-order chi connectivity index (χ1) is 13.0. The van der Waals surface area contributed by atoms with Crippen LogP contribution in [0.3, 0.4) is 0 Å². The SMILES string of the molecule is COc1ccc(C(=O)Nc2n[nH]c(-c3ccccc3Cl)n2)cc1OC(F)F. The van der Waals surface area contributed by atoms with Crippen molar-refractivity contribution in [2.24, 2.45) is 0 Å². The summed E-state index contributed by atoms with van der Waals surface area (Å²) in [7, 11) is 1.30. The largest absolute Gasteiger partial charge is 0.493 e. The lowest BCUT2D eigenvalue weighted by Crippen LogP contribution is -2.14. The molecule has 0 aliphatic rings. The molecule has 0 atom stereocenters. The van der Waals surface area contributed by atoms with E-state index in [-0.39, 0.29) is 23.0 Å². The number of methoxy groups -OCH3 is 1. The standard InChI is InChI=1S/C17H13ClF2N4O3/c1-26-12-7-6-9(8-13(12)27-16(19)20)15(25)22-17-21-14(23-24-17)10-4-2-3-5-11(10)18/h2-8,16H,1H3,(H2,21,22,23,24,25). The van der Waals surface area contributed by atoms with E-state index >= 15 is 0 Å². The Kier molecular flexibility index (Phi) is 5.51. The van der Waals surface area contributed by atoms with Crippen molar-refractivity contribution in [3.05, 3.63) is 53.1 Å². The van der Waals surface area contributed by atoms with E-state index in [0.29, 0.717) is 16.4 Å². The Balaban J connectivity index is 1.79. The van der Waals surface area contributed by atoms with Crippen LogP contribution in [-0.4, -0.2) is 34.8 Å². The van der Waals surface area contributed by atoms with E-state index in [1.165, 1.54) is 19.2 Å². The second kappa shape index (κ2) is 8.00. The van der Waals surface area contributed by atoms with Gasteiger partial charge in [-0.3, -0.25) is 15.2 Å². The number of carbonyl (C=O) groups excluding carboxylic acids is 1. The summed E-state index contributed by atoms with van der Waals surface area (Å²) < 4.78 is 34.3. The molecule has 0 fully saturated rings. The van der Waals surface area contributed by atoms with Gasteiger partial charge in [0.1, 0.15) is 0 Å². The number of alkyl halides is 2. The summed E-state index contributed by atoms with van der Waals surface area (Å²) >= 11 is 6.09. The van der Waals surface area contributed by atoms with Crippen LogP contribution >= 0.6 is 11.6 Å². The third-order valence-electron chi connectivity index (χ3n) is 3.48. The molecule has 1 aromatic heterocycles. The molecule has 0 saturated carbocycles. The zero-order valence-electron chi connectivity index (χ0n) is 13.9. The maximum atomic E-state index is 12.5. The van der Waals surface area contributed by atoms with Gasteiger partial charge in [0.15, 0.2) is 17.3 Å². The summed E-state index contributed by atoms with van der Waals surface area (Å²) in [4.78, 5) is 16.5. The van der Waals surface area contributed by atoms with E-state index < -0.39 is 12.5 Å². The van der Waals surface area contributed by atoms with Gasteiger partial charge in [-0.15, -0.1) is 5.10 Å². The molecular formula is C17H13ClF2N4O3. The van der Waals surface area contributed by atoms with Crippen LogP contribution in [0.2, 0.25) is 5.02 Å². The lowest BCUT2D eigenvalue weighted by Gasteiger charge is -2.11. The molecule has 10 heteroatoms. The van der Waals surface area contributed by atoms with Crippen LogP contribution in [0.5, 0.6) is 11.5 Å². The molecule has 27 heavy (non-hydrogen) atoms. The Morgan fingerprint density at radius 3 is 2.70 bits per heavy atom. The van der Waals surface area contributed by atoms with E-state index in [1.54, 1.807) is 24.3 Å². The van der Waals surface area contributed by atoms with Crippen molar-refractivity contribution in [2.45, 2.75) is 6.61 Å². The number of ether oxygens (including phenoxy) is 2. The summed E-state index contributed by atoms with van der Waals surface area (Å²) in [6, 6.07) is 10.9. The summed E-state index contributed by atoms with van der Waals surface area (Å²) in [6.07, 6.45) is 0. The Bertz CT molecular complexity index is 965. The minimum absolute atomic E-state index is 0.00191. The first-order valence-electron chi connectivity index (χ1n) is 7.59. The predicted molar refractivity (Wildman–Crippen MR) is 94.4 cm³/mol. The zero-order valence-corrected chi connectivity index (χ0v) is 14.6. The number of carbonyl (C=O) groups is 1. The van der Waals surface area contributed by atoms with Crippen molar-refractivity contribution in [1.29, 1.82) is 0 Å². The minimum Gasteiger partial charge on any atom is -0.493 e. The van der Waals surface area contributed by atoms with E-state index in [4.69, 9.17) is 16.3 Å². The smallest absolute Gasteiger partial charge is 0.387 e. The van der Waals surface area contributed by atoms with Gasteiger partial charge in [-0.1, -0.05) is 23.7 Å². The normalized spacial score (nSPS) is 10.7. The molecule has 0 aliphatic heterocycles. The van der Waals surface area contributed by atoms with Gasteiger partial charge in [0.05, 0.1) is 12.1 Å². The fraction of sp³-hybridized carbons (Fsp3) is 0.118. The number of hydrogen-bond acceptors (Lipinski definition) is 5. The molecule has 2 N–H and O–H groups in total. The minimum atomic E-state index is -3.05. The van der Waals surface area contributed by atoms with Gasteiger partial charge in [-0.2, -0.15) is 13.8 Å². The number of anilines is 1. The van der Waals surface area contributed by atoms with Gasteiger partial charge in [0.25, 0.3) is 5.91 Å². The summed E-state index contributed by atoms with van der Waals surface area (Å²) in [5.41, 5.74) is 0.680. The lowest BCUT2D eigenvalue weighted by atomic mass is 10.2. The fourth-order valence-corrected chi connectivity index (χ4v) is 2.50. The van der Waals surface area contributed by atoms with Gasteiger partial charge >= 0.3 is 6.61 Å². The summed E-state index contributed by atoms with van der Waals surface area (Å²) in [5, 5.41) is 9.51. The van der Waals surface area contributed by atoms with Crippen molar-refractivity contribution < 1.29 is 23.0 Å². The highest BCUT2D eigenvalue weighted by Gasteiger charge is 2.16. The van der Waals surface area contributed by atoms with Gasteiger partial charge in [-0.05, 0) is 30.3 Å². The molecular weight excluding hydrogens is 382 g/mol. The molecule has 3 aromatic rings. The average Bonchev–Trinajstić information content (AvgIpc) is 3.09. The second-order valence-electron chi connectivity index (χ2n) is 5.19. The first kappa shape index (κ1) is 18.6. The molecule has 1 amide bonds. The maximum absolute atomic E-state index is 12.5. The number of amides is 1. The highest BCUT2D eigenvalue weighted by Crippen LogP contribution is 2.30. The van der Waals surface area contributed by atoms with E-state index in [0.717, 1.165) is 6.07 Å². The molecule has 0 radical (unpaired) electrons. The average molecular weight is 395 g/mol. The van der Waals surface area contributed by atoms with Crippen LogP contribution in [0, 0.1) is 0 Å². The monoisotopic (exact) mass is 394 g/mol. The van der Waals surface area contributed by atoms with Crippen LogP contribution < -0.4 is 14.8 Å². The highest BCUT2D eigenvalue weighted by molar-refractivity contribution is 6.33. The zero-order chi connectivity index (χ0) is 19.4. The van der Waals surface area contributed by atoms with E-state index in [1.807, 2.05) is 0 Å². The maximum Gasteiger partial charge on any atom is 0.387 e. The number of nitrogens with one attached hydrogen (secondary N) is 2. The third kappa shape index (κ3) is 4.32. The van der Waals surface area contributed by atoms with Crippen LogP contribution in [0.25, 0.3) is 11.4 Å². The number of aromatic amines is 1. The number of benzene rings is 2. The van der Waals surface area contributed by atoms with Crippen LogP contribution in [0.4, 0.5) is 14.7 Å². The molecule has 140 valence electrons. The van der Waals surface area contributed by atoms with Gasteiger partial charge in [0, 0.05) is 11.1 Å². The molecule has 1 heterocycles. The van der Waals surface area contributed by atoms with Crippen molar-refractivity contribution in [3.63, 3.8) is 0 Å². The molecule has 3 rings (SSSR count). The van der Waals surface area contributed by atoms with Crippen LogP contribution in [-0.2, 0) is 0 Å². The van der Waals surface area contributed by atoms with E-state index in [2.05, 4.69) is 25.2 Å². The Morgan fingerprint density at radius 2 is 2.00 bits per heavy atom. The van der Waals surface area contributed by atoms with Crippen LogP contribution in [0.15, 0.2) is 42.5 Å². The Morgan fingerprint density at radius 1 is 1.22 bits per heavy atom. The van der Waals surface area contributed by atoms with Gasteiger partial charge in [0.2, 0.25) is 5.95 Å². The van der Waals surface area contributed by atoms with Crippen molar-refractivity contribution in [3.8, 4) is 22.9 Å². The first-order valence-corrected chi connectivity index (χ1v) is 7.97. The van der Waals surface area contributed by atoms with Gasteiger partial charge in [-0.25, -0.2) is 0 Å². The van der Waals surface area contributed by atoms with E-state index in [9.17, 15) is 13.6 Å². The number of halogens is 3. The van der Waals surface area contributed by atoms with Crippen molar-refractivity contribution in [2.75, 3.05) is 12.4 Å². The Labute approximate surface area is 157 Å². The fourth-order valence-electron chi connectivity index (χ4n) is 2.27. The topological polar surface area (TPSA) is 89.1 Å². The quantitative estimate of drug-likeness (QED) is 0.660. The molecule has 0 bridgehead atoms. The molecule has 0 unspecified atom stereocenters. The molecule has 0 saturated heterocycles. The Hall–Kier alpha value is -3.20. The molecule has 7 nitrogen and oxygen atoms in total. The number of H-pyrrole nitrogens is 1. The van der Waals surface area contributed by atoms with Gasteiger partial charge < -0.3 is 9.47 Å². The molecule has 0 aliphatic carbocycles. The summed E-state index contributed by atoms with van der Waals surface area (Å²) in [5.74, 6) is -0.423. The number of aromatic nitrogens is 3. The second-order valence-corrected chi connectivity index (χ2v) is 5.59. The predicted octanol–water partition coefficient (Wildman–Crippen LogP) is 3.99. The van der Waals surface area contributed by atoms with Crippen LogP contribution in [0.1, 0.15) is 10.4 Å². The number of nitrogens with zero attached hydrogens (tertiary/aromatic N) is 2. The molecule has 2 aromatic carbocycles. The number of hydrogen-bond donors (Lipinski definition) is 2. The van der Waals surface area contributed by atoms with Crippen molar-refractivity contribution >= 4 is 23.5 Å². The number of rotatable bonds is 6. The third-order valence-corrected chi connectivity index (χ3v) is 3.81. The van der Waals surface area contributed by atoms with Crippen molar-refractivity contribution in [1.82, 2.24) is 15.2 Å². The lowest BCUT2D eigenvalue weighted by molar-refractivity contribution is -0.0512. The highest BCUT2D eigenvalue weighted by atomic mass is 35.5. The summed E-state index contributed by atoms with van der Waals surface area (Å²) in [6.45, 7) is -3.05. The molecule has 0 spiro atoms.